The predicted octanol–water partition coefficient (Wildman–Crippen LogP) is 2.53. The predicted molar refractivity (Wildman–Crippen MR) is 98.0 cm³/mol. The van der Waals surface area contributed by atoms with Crippen molar-refractivity contribution in [1.82, 2.24) is 4.98 Å². The summed E-state index contributed by atoms with van der Waals surface area (Å²) in [5.41, 5.74) is 2.11. The summed E-state index contributed by atoms with van der Waals surface area (Å²) in [5, 5.41) is 11.5. The fourth-order valence-corrected chi connectivity index (χ4v) is 3.23. The zero-order valence-corrected chi connectivity index (χ0v) is 15.4. The van der Waals surface area contributed by atoms with Crippen molar-refractivity contribution in [3.63, 3.8) is 0 Å². The number of hydrogen-bond acceptors (Lipinski definition) is 4. The molecule has 4 nitrogen and oxygen atoms in total. The van der Waals surface area contributed by atoms with Gasteiger partial charge < -0.3 is 14.2 Å². The second-order valence-corrected chi connectivity index (χ2v) is 7.82. The van der Waals surface area contributed by atoms with Crippen LogP contribution in [0.2, 0.25) is 6.82 Å². The smallest absolute Gasteiger partial charge is 0.324 e. The van der Waals surface area contributed by atoms with Gasteiger partial charge in [0.25, 0.3) is 0 Å². The minimum absolute atomic E-state index is 0.158. The minimum atomic E-state index is -0.940. The van der Waals surface area contributed by atoms with Crippen LogP contribution in [0.1, 0.15) is 41.0 Å². The molecule has 2 aromatic rings. The molecule has 0 saturated carbocycles. The number of hydrogen-bond donors (Lipinski definition) is 1. The van der Waals surface area contributed by atoms with E-state index >= 15 is 0 Å². The van der Waals surface area contributed by atoms with Crippen molar-refractivity contribution in [3.8, 4) is 0 Å². The van der Waals surface area contributed by atoms with Crippen molar-refractivity contribution in [3.05, 3.63) is 29.0 Å². The first-order valence-electron chi connectivity index (χ1n) is 8.60. The molecule has 128 valence electrons. The average Bonchev–Trinajstić information content (AvgIpc) is 2.83. The zero-order valence-electron chi connectivity index (χ0n) is 15.4. The standard InChI is InChI=1S/C19H26BNO3/c1-12-9-10-13-16-14(8-7-11-21-16)23-17(13)15(12)20(6)24-19(4,5)18(2,3)22/h7-8,10-12,22H,9H2,1-6H3. The van der Waals surface area contributed by atoms with E-state index in [1.54, 1.807) is 20.0 Å². The van der Waals surface area contributed by atoms with Crippen molar-refractivity contribution < 1.29 is 14.2 Å². The molecule has 0 aromatic carbocycles. The highest BCUT2D eigenvalue weighted by Gasteiger charge is 2.40. The molecule has 24 heavy (non-hydrogen) atoms. The molecule has 1 aliphatic rings. The van der Waals surface area contributed by atoms with E-state index in [-0.39, 0.29) is 6.92 Å². The fraction of sp³-hybridized carbons (Fsp3) is 0.526. The number of rotatable bonds is 4. The van der Waals surface area contributed by atoms with Gasteiger partial charge in [0.05, 0.1) is 11.2 Å². The molecule has 0 amide bonds. The van der Waals surface area contributed by atoms with Crippen molar-refractivity contribution in [2.75, 3.05) is 0 Å². The number of fused-ring (bicyclic) bond motifs is 3. The Hall–Kier alpha value is -1.59. The second-order valence-electron chi connectivity index (χ2n) is 7.82. The summed E-state index contributed by atoms with van der Waals surface area (Å²) in [6.45, 7) is 11.5. The first-order valence-corrected chi connectivity index (χ1v) is 8.60. The van der Waals surface area contributed by atoms with Crippen molar-refractivity contribution in [2.45, 2.75) is 59.1 Å². The Kier molecular flexibility index (Phi) is 4.13. The SMILES string of the molecule is CB(OC(C)(C)C(C)(C)O)C1=c2oc3cccnc3c2=CCC1C. The van der Waals surface area contributed by atoms with Gasteiger partial charge in [-0.15, -0.1) is 0 Å². The summed E-state index contributed by atoms with van der Waals surface area (Å²) in [6, 6.07) is 3.83. The first kappa shape index (κ1) is 17.2. The van der Waals surface area contributed by atoms with E-state index in [4.69, 9.17) is 9.07 Å². The average molecular weight is 327 g/mol. The Morgan fingerprint density at radius 3 is 2.71 bits per heavy atom. The summed E-state index contributed by atoms with van der Waals surface area (Å²) >= 11 is 0. The molecular formula is C19H26BNO3. The number of furan rings is 1. The van der Waals surface area contributed by atoms with Gasteiger partial charge in [-0.3, -0.25) is 4.98 Å². The highest BCUT2D eigenvalue weighted by atomic mass is 16.5. The number of pyridine rings is 1. The topological polar surface area (TPSA) is 55.5 Å². The van der Waals surface area contributed by atoms with Crippen LogP contribution in [-0.2, 0) is 4.65 Å². The largest absolute Gasteiger partial charge is 0.455 e. The molecule has 1 unspecified atom stereocenters. The van der Waals surface area contributed by atoms with Crippen LogP contribution < -0.4 is 10.6 Å². The highest BCUT2D eigenvalue weighted by molar-refractivity contribution is 6.70. The van der Waals surface area contributed by atoms with E-state index in [0.29, 0.717) is 5.92 Å². The van der Waals surface area contributed by atoms with E-state index < -0.39 is 11.2 Å². The Morgan fingerprint density at radius 1 is 1.33 bits per heavy atom. The van der Waals surface area contributed by atoms with Crippen LogP contribution in [0.4, 0.5) is 0 Å². The third kappa shape index (κ3) is 2.80. The lowest BCUT2D eigenvalue weighted by molar-refractivity contribution is -0.0918. The molecule has 2 heterocycles. The van der Waals surface area contributed by atoms with Crippen LogP contribution in [0.5, 0.6) is 0 Å². The van der Waals surface area contributed by atoms with Gasteiger partial charge in [-0.2, -0.15) is 0 Å². The van der Waals surface area contributed by atoms with Crippen molar-refractivity contribution in [1.29, 1.82) is 0 Å². The molecule has 0 saturated heterocycles. The van der Waals surface area contributed by atoms with Crippen LogP contribution >= 0.6 is 0 Å². The van der Waals surface area contributed by atoms with Gasteiger partial charge in [-0.05, 0) is 57.6 Å². The lowest BCUT2D eigenvalue weighted by atomic mass is 9.56. The van der Waals surface area contributed by atoms with Crippen molar-refractivity contribution >= 4 is 29.6 Å². The quantitative estimate of drug-likeness (QED) is 0.877. The van der Waals surface area contributed by atoms with Crippen LogP contribution in [0, 0.1) is 5.92 Å². The maximum atomic E-state index is 10.4. The number of nitrogens with zero attached hydrogens (tertiary/aromatic N) is 1. The normalized spacial score (nSPS) is 18.5. The summed E-state index contributed by atoms with van der Waals surface area (Å²) in [4.78, 5) is 4.47. The van der Waals surface area contributed by atoms with Crippen LogP contribution in [0.25, 0.3) is 22.6 Å². The highest BCUT2D eigenvalue weighted by Crippen LogP contribution is 2.30. The molecular weight excluding hydrogens is 301 g/mol. The first-order chi connectivity index (χ1) is 11.1. The van der Waals surface area contributed by atoms with E-state index in [1.807, 2.05) is 32.8 Å². The van der Waals surface area contributed by atoms with E-state index in [0.717, 1.165) is 33.6 Å². The third-order valence-electron chi connectivity index (χ3n) is 5.33. The van der Waals surface area contributed by atoms with Crippen molar-refractivity contribution in [2.24, 2.45) is 5.92 Å². The van der Waals surface area contributed by atoms with Gasteiger partial charge in [0.15, 0.2) is 5.58 Å². The third-order valence-corrected chi connectivity index (χ3v) is 5.33. The zero-order chi connectivity index (χ0) is 17.7. The van der Waals surface area contributed by atoms with Crippen LogP contribution in [-0.4, -0.2) is 28.2 Å². The molecule has 0 fully saturated rings. The maximum Gasteiger partial charge on any atom is 0.324 e. The van der Waals surface area contributed by atoms with Gasteiger partial charge in [0.1, 0.15) is 10.9 Å². The van der Waals surface area contributed by atoms with E-state index in [2.05, 4.69) is 18.0 Å². The minimum Gasteiger partial charge on any atom is -0.455 e. The summed E-state index contributed by atoms with van der Waals surface area (Å²) < 4.78 is 12.4. The van der Waals surface area contributed by atoms with E-state index in [9.17, 15) is 5.11 Å². The summed E-state index contributed by atoms with van der Waals surface area (Å²) in [6.07, 6.45) is 4.93. The maximum absolute atomic E-state index is 10.4. The molecule has 0 bridgehead atoms. The molecule has 0 aliphatic heterocycles. The Morgan fingerprint density at radius 2 is 2.04 bits per heavy atom. The Bertz CT molecular complexity index is 876. The lowest BCUT2D eigenvalue weighted by Crippen LogP contribution is -2.51. The summed E-state index contributed by atoms with van der Waals surface area (Å²) in [7, 11) is 0. The Balaban J connectivity index is 2.13. The van der Waals surface area contributed by atoms with Gasteiger partial charge in [-0.1, -0.05) is 19.8 Å². The Labute approximate surface area is 143 Å². The molecule has 3 rings (SSSR count). The number of aromatic nitrogens is 1. The lowest BCUT2D eigenvalue weighted by Gasteiger charge is -2.40. The monoisotopic (exact) mass is 327 g/mol. The molecule has 1 aliphatic carbocycles. The molecule has 1 N–H and O–H groups in total. The van der Waals surface area contributed by atoms with Gasteiger partial charge in [-0.25, -0.2) is 0 Å². The van der Waals surface area contributed by atoms with Gasteiger partial charge in [0.2, 0.25) is 0 Å². The molecule has 1 atom stereocenters. The van der Waals surface area contributed by atoms with Gasteiger partial charge in [0, 0.05) is 11.4 Å². The van der Waals surface area contributed by atoms with E-state index in [1.165, 1.54) is 0 Å². The van der Waals surface area contributed by atoms with Crippen LogP contribution in [0.15, 0.2) is 22.7 Å². The molecule has 5 heteroatoms. The van der Waals surface area contributed by atoms with Gasteiger partial charge >= 0.3 is 6.92 Å². The summed E-state index contributed by atoms with van der Waals surface area (Å²) in [5.74, 6) is 0.325. The molecule has 2 aromatic heterocycles. The molecule has 0 radical (unpaired) electrons. The van der Waals surface area contributed by atoms with Crippen LogP contribution in [0.3, 0.4) is 0 Å². The molecule has 0 spiro atoms. The second kappa shape index (κ2) is 5.75. The number of aliphatic hydroxyl groups is 1. The fourth-order valence-electron chi connectivity index (χ4n) is 3.23.